The summed E-state index contributed by atoms with van der Waals surface area (Å²) < 4.78 is 0. The fraction of sp³-hybridized carbons (Fsp3) is 0.529. The predicted molar refractivity (Wildman–Crippen MR) is 85.5 cm³/mol. The predicted octanol–water partition coefficient (Wildman–Crippen LogP) is 1.95. The number of hydrogen-bond donors (Lipinski definition) is 2. The average molecular weight is 304 g/mol. The van der Waals surface area contributed by atoms with E-state index >= 15 is 0 Å². The number of aliphatic hydroxyl groups is 1. The van der Waals surface area contributed by atoms with Gasteiger partial charge in [0.15, 0.2) is 0 Å². The largest absolute Gasteiger partial charge is 0.391 e. The van der Waals surface area contributed by atoms with Crippen molar-refractivity contribution in [3.63, 3.8) is 0 Å². The molecule has 0 unspecified atom stereocenters. The number of hydrogen-bond acceptors (Lipinski definition) is 3. The van der Waals surface area contributed by atoms with Crippen molar-refractivity contribution < 1.29 is 14.7 Å². The van der Waals surface area contributed by atoms with Crippen LogP contribution in [0.1, 0.15) is 38.2 Å². The average Bonchev–Trinajstić information content (AvgIpc) is 2.95. The highest BCUT2D eigenvalue weighted by atomic mass is 16.3. The third-order valence-corrected chi connectivity index (χ3v) is 3.93. The van der Waals surface area contributed by atoms with Crippen molar-refractivity contribution in [2.24, 2.45) is 0 Å². The number of nitrogens with one attached hydrogen (secondary N) is 1. The van der Waals surface area contributed by atoms with Gasteiger partial charge in [-0.3, -0.25) is 9.59 Å². The van der Waals surface area contributed by atoms with E-state index in [9.17, 15) is 14.7 Å². The van der Waals surface area contributed by atoms with Crippen LogP contribution in [0.4, 0.5) is 5.69 Å². The Hall–Kier alpha value is -1.88. The number of benzene rings is 1. The smallest absolute Gasteiger partial charge is 0.313 e. The lowest BCUT2D eigenvalue weighted by Crippen LogP contribution is -2.38. The van der Waals surface area contributed by atoms with E-state index in [-0.39, 0.29) is 6.54 Å². The molecule has 5 heteroatoms. The van der Waals surface area contributed by atoms with E-state index in [0.29, 0.717) is 18.7 Å². The van der Waals surface area contributed by atoms with E-state index < -0.39 is 17.9 Å². The number of aliphatic hydroxyl groups excluding tert-OH is 1. The molecular weight excluding hydrogens is 280 g/mol. The van der Waals surface area contributed by atoms with Gasteiger partial charge in [0.2, 0.25) is 0 Å². The maximum atomic E-state index is 11.9. The van der Waals surface area contributed by atoms with E-state index in [0.717, 1.165) is 12.8 Å². The molecule has 0 aliphatic carbocycles. The summed E-state index contributed by atoms with van der Waals surface area (Å²) >= 11 is 0. The number of carbonyl (C=O) groups is 2. The molecule has 22 heavy (non-hydrogen) atoms. The van der Waals surface area contributed by atoms with Crippen LogP contribution >= 0.6 is 0 Å². The Balaban J connectivity index is 1.84. The standard InChI is InChI=1S/C17H24N2O3/c1-2-3-4-5-13-6-8-14(9-7-13)18-16(21)17(22)19-11-10-15(20)12-19/h6-9,15,20H,2-5,10-12H2,1H3,(H,18,21)/t15-/m1/s1. The molecule has 120 valence electrons. The lowest BCUT2D eigenvalue weighted by molar-refractivity contribution is -0.142. The maximum Gasteiger partial charge on any atom is 0.313 e. The maximum absolute atomic E-state index is 11.9. The van der Waals surface area contributed by atoms with Crippen LogP contribution in [0.25, 0.3) is 0 Å². The first kappa shape index (κ1) is 16.5. The summed E-state index contributed by atoms with van der Waals surface area (Å²) in [6, 6.07) is 7.61. The zero-order valence-electron chi connectivity index (χ0n) is 13.0. The van der Waals surface area contributed by atoms with Crippen molar-refractivity contribution in [3.05, 3.63) is 29.8 Å². The van der Waals surface area contributed by atoms with Gasteiger partial charge >= 0.3 is 11.8 Å². The number of nitrogens with zero attached hydrogens (tertiary/aromatic N) is 1. The number of amides is 2. The van der Waals surface area contributed by atoms with E-state index in [1.807, 2.05) is 24.3 Å². The number of carbonyl (C=O) groups excluding carboxylic acids is 2. The summed E-state index contributed by atoms with van der Waals surface area (Å²) in [7, 11) is 0. The molecular formula is C17H24N2O3. The molecule has 1 aliphatic heterocycles. The molecule has 1 aliphatic rings. The molecule has 1 fully saturated rings. The molecule has 1 aromatic rings. The Morgan fingerprint density at radius 1 is 1.27 bits per heavy atom. The summed E-state index contributed by atoms with van der Waals surface area (Å²) in [5.41, 5.74) is 1.86. The summed E-state index contributed by atoms with van der Waals surface area (Å²) in [6.45, 7) is 2.85. The second kappa shape index (κ2) is 7.94. The van der Waals surface area contributed by atoms with E-state index in [1.54, 1.807) is 0 Å². The highest BCUT2D eigenvalue weighted by Gasteiger charge is 2.28. The normalized spacial score (nSPS) is 17.5. The van der Waals surface area contributed by atoms with E-state index in [2.05, 4.69) is 12.2 Å². The van der Waals surface area contributed by atoms with Gasteiger partial charge in [0.25, 0.3) is 0 Å². The van der Waals surface area contributed by atoms with Crippen LogP contribution < -0.4 is 5.32 Å². The molecule has 1 heterocycles. The molecule has 0 bridgehead atoms. The number of unbranched alkanes of at least 4 members (excludes halogenated alkanes) is 2. The van der Waals surface area contributed by atoms with Gasteiger partial charge < -0.3 is 15.3 Å². The van der Waals surface area contributed by atoms with Crippen molar-refractivity contribution in [1.29, 1.82) is 0 Å². The van der Waals surface area contributed by atoms with Gasteiger partial charge in [-0.15, -0.1) is 0 Å². The molecule has 0 aromatic heterocycles. The Bertz CT molecular complexity index is 513. The van der Waals surface area contributed by atoms with Crippen LogP contribution in [-0.2, 0) is 16.0 Å². The fourth-order valence-corrected chi connectivity index (χ4v) is 2.59. The van der Waals surface area contributed by atoms with Gasteiger partial charge in [0, 0.05) is 18.8 Å². The van der Waals surface area contributed by atoms with Gasteiger partial charge in [-0.1, -0.05) is 31.9 Å². The van der Waals surface area contributed by atoms with Crippen LogP contribution in [0.2, 0.25) is 0 Å². The van der Waals surface area contributed by atoms with Crippen molar-refractivity contribution in [2.45, 2.75) is 45.1 Å². The van der Waals surface area contributed by atoms with Crippen LogP contribution in [0, 0.1) is 0 Å². The molecule has 1 aromatic carbocycles. The number of anilines is 1. The van der Waals surface area contributed by atoms with Crippen molar-refractivity contribution in [1.82, 2.24) is 4.90 Å². The molecule has 2 N–H and O–H groups in total. The Kier molecular flexibility index (Phi) is 5.95. The Labute approximate surface area is 131 Å². The van der Waals surface area contributed by atoms with Gasteiger partial charge in [0.05, 0.1) is 6.10 Å². The summed E-state index contributed by atoms with van der Waals surface area (Å²) in [5.74, 6) is -1.23. The topological polar surface area (TPSA) is 69.6 Å². The summed E-state index contributed by atoms with van der Waals surface area (Å²) in [6.07, 6.45) is 4.63. The molecule has 5 nitrogen and oxygen atoms in total. The molecule has 1 saturated heterocycles. The second-order valence-corrected chi connectivity index (χ2v) is 5.80. The summed E-state index contributed by atoms with van der Waals surface area (Å²) in [4.78, 5) is 25.2. The lowest BCUT2D eigenvalue weighted by atomic mass is 10.1. The number of likely N-dealkylation sites (tertiary alicyclic amines) is 1. The minimum absolute atomic E-state index is 0.239. The first-order valence-electron chi connectivity index (χ1n) is 7.97. The van der Waals surface area contributed by atoms with Crippen LogP contribution in [-0.4, -0.2) is 41.0 Å². The van der Waals surface area contributed by atoms with Crippen LogP contribution in [0.15, 0.2) is 24.3 Å². The molecule has 2 amide bonds. The third-order valence-electron chi connectivity index (χ3n) is 3.93. The lowest BCUT2D eigenvalue weighted by Gasteiger charge is -2.15. The molecule has 2 rings (SSSR count). The number of rotatable bonds is 5. The highest BCUT2D eigenvalue weighted by Crippen LogP contribution is 2.14. The third kappa shape index (κ3) is 4.56. The van der Waals surface area contributed by atoms with Gasteiger partial charge in [-0.05, 0) is 37.0 Å². The van der Waals surface area contributed by atoms with Gasteiger partial charge in [0.1, 0.15) is 0 Å². The number of β-amino-alcohol motifs (C(OH)–C–C–N with tert-alkyl or cyclic N) is 1. The Morgan fingerprint density at radius 2 is 2.00 bits per heavy atom. The monoisotopic (exact) mass is 304 g/mol. The zero-order chi connectivity index (χ0) is 15.9. The van der Waals surface area contributed by atoms with Gasteiger partial charge in [-0.2, -0.15) is 0 Å². The Morgan fingerprint density at radius 3 is 2.59 bits per heavy atom. The highest BCUT2D eigenvalue weighted by molar-refractivity contribution is 6.39. The number of aryl methyl sites for hydroxylation is 1. The SMILES string of the molecule is CCCCCc1ccc(NC(=O)C(=O)N2CC[C@@H](O)C2)cc1. The van der Waals surface area contributed by atoms with Gasteiger partial charge in [-0.25, -0.2) is 0 Å². The zero-order valence-corrected chi connectivity index (χ0v) is 13.0. The van der Waals surface area contributed by atoms with E-state index in [1.165, 1.54) is 23.3 Å². The minimum atomic E-state index is -0.646. The van der Waals surface area contributed by atoms with Crippen molar-refractivity contribution in [2.75, 3.05) is 18.4 Å². The minimum Gasteiger partial charge on any atom is -0.391 e. The van der Waals surface area contributed by atoms with Crippen molar-refractivity contribution in [3.8, 4) is 0 Å². The first-order valence-corrected chi connectivity index (χ1v) is 7.97. The molecule has 0 spiro atoms. The second-order valence-electron chi connectivity index (χ2n) is 5.80. The molecule has 0 saturated carbocycles. The molecule has 0 radical (unpaired) electrons. The van der Waals surface area contributed by atoms with Crippen LogP contribution in [0.3, 0.4) is 0 Å². The van der Waals surface area contributed by atoms with Crippen molar-refractivity contribution >= 4 is 17.5 Å². The van der Waals surface area contributed by atoms with E-state index in [4.69, 9.17) is 0 Å². The molecule has 1 atom stereocenters. The van der Waals surface area contributed by atoms with Crippen LogP contribution in [0.5, 0.6) is 0 Å². The fourth-order valence-electron chi connectivity index (χ4n) is 2.59. The summed E-state index contributed by atoms with van der Waals surface area (Å²) in [5, 5.41) is 12.0. The first-order chi connectivity index (χ1) is 10.6. The quantitative estimate of drug-likeness (QED) is 0.645.